The van der Waals surface area contributed by atoms with E-state index in [1.807, 2.05) is 0 Å². The van der Waals surface area contributed by atoms with Gasteiger partial charge in [0.25, 0.3) is 0 Å². The fourth-order valence-corrected chi connectivity index (χ4v) is 9.89. The second-order valence-electron chi connectivity index (χ2n) is 21.2. The molecule has 0 aromatic carbocycles. The maximum atomic E-state index is 12.9. The molecule has 0 spiro atoms. The van der Waals surface area contributed by atoms with Gasteiger partial charge < -0.3 is 24.2 Å². The largest absolute Gasteiger partial charge is 0.472 e. The van der Waals surface area contributed by atoms with Gasteiger partial charge in [-0.15, -0.1) is 0 Å². The summed E-state index contributed by atoms with van der Waals surface area (Å²) in [6.07, 6.45) is 58.5. The molecule has 11 nitrogen and oxygen atoms in total. The highest BCUT2D eigenvalue weighted by Crippen LogP contribution is 2.43. The lowest BCUT2D eigenvalue weighted by molar-refractivity contribution is -0.161. The number of aliphatic hydroxyl groups excluding tert-OH is 1. The van der Waals surface area contributed by atoms with Crippen LogP contribution in [0, 0.1) is 0 Å². The van der Waals surface area contributed by atoms with Crippen molar-refractivity contribution in [3.05, 3.63) is 24.3 Å². The number of rotatable bonds is 59. The summed E-state index contributed by atoms with van der Waals surface area (Å²) in [6, 6.07) is 0. The highest BCUT2D eigenvalue weighted by molar-refractivity contribution is 7.47. The Hall–Kier alpha value is -2.04. The monoisotopic (exact) mass is 1070 g/mol. The van der Waals surface area contributed by atoms with Crippen LogP contribution >= 0.6 is 7.82 Å². The summed E-state index contributed by atoms with van der Waals surface area (Å²) in [7, 11) is -4.75. The Morgan fingerprint density at radius 3 is 1.05 bits per heavy atom. The predicted octanol–water partition coefficient (Wildman–Crippen LogP) is 18.6. The van der Waals surface area contributed by atoms with Gasteiger partial charge in [0.15, 0.2) is 6.10 Å². The van der Waals surface area contributed by atoms with E-state index < -0.39 is 57.8 Å². The van der Waals surface area contributed by atoms with Crippen molar-refractivity contribution in [2.24, 2.45) is 0 Å². The second-order valence-corrected chi connectivity index (χ2v) is 22.7. The molecule has 0 aromatic rings. The van der Waals surface area contributed by atoms with E-state index in [0.717, 1.165) is 83.5 Å². The van der Waals surface area contributed by atoms with Gasteiger partial charge >= 0.3 is 25.7 Å². The van der Waals surface area contributed by atoms with Gasteiger partial charge in [0, 0.05) is 19.3 Å². The van der Waals surface area contributed by atoms with Gasteiger partial charge in [-0.25, -0.2) is 4.57 Å². The third-order valence-corrected chi connectivity index (χ3v) is 14.8. The molecule has 436 valence electrons. The molecule has 0 aliphatic rings. The Bertz CT molecular complexity index is 1340. The summed E-state index contributed by atoms with van der Waals surface area (Å²) in [6.45, 7) is 4.64. The molecular weight excluding hydrogens is 952 g/mol. The van der Waals surface area contributed by atoms with Gasteiger partial charge in [-0.3, -0.25) is 23.4 Å². The lowest BCUT2D eigenvalue weighted by Gasteiger charge is -2.21. The Kier molecular flexibility index (Phi) is 55.6. The molecule has 0 aliphatic carbocycles. The molecule has 0 radical (unpaired) electrons. The zero-order valence-corrected chi connectivity index (χ0v) is 49.2. The zero-order chi connectivity index (χ0) is 54.1. The number of phosphoric ester groups is 1. The van der Waals surface area contributed by atoms with Crippen molar-refractivity contribution in [3.8, 4) is 0 Å². The van der Waals surface area contributed by atoms with Crippen molar-refractivity contribution >= 4 is 25.7 Å². The zero-order valence-electron chi connectivity index (χ0n) is 48.3. The van der Waals surface area contributed by atoms with E-state index in [2.05, 4.69) is 45.1 Å². The van der Waals surface area contributed by atoms with Crippen molar-refractivity contribution in [3.63, 3.8) is 0 Å². The first-order valence-corrected chi connectivity index (χ1v) is 32.7. The lowest BCUT2D eigenvalue weighted by atomic mass is 10.0. The van der Waals surface area contributed by atoms with E-state index >= 15 is 0 Å². The fourth-order valence-electron chi connectivity index (χ4n) is 9.10. The minimum absolute atomic E-state index is 0.165. The third kappa shape index (κ3) is 54.7. The molecule has 0 aromatic heterocycles. The minimum atomic E-state index is -4.75. The van der Waals surface area contributed by atoms with E-state index in [1.54, 1.807) is 0 Å². The topological polar surface area (TPSA) is 155 Å². The van der Waals surface area contributed by atoms with E-state index in [-0.39, 0.29) is 25.9 Å². The Morgan fingerprint density at radius 1 is 0.378 bits per heavy atom. The molecule has 0 saturated heterocycles. The highest BCUT2D eigenvalue weighted by Gasteiger charge is 2.28. The van der Waals surface area contributed by atoms with Crippen molar-refractivity contribution in [2.45, 2.75) is 328 Å². The first kappa shape index (κ1) is 72.0. The van der Waals surface area contributed by atoms with Crippen LogP contribution in [0.2, 0.25) is 0 Å². The van der Waals surface area contributed by atoms with Gasteiger partial charge in [0.1, 0.15) is 12.7 Å². The number of esters is 3. The number of phosphoric acid groups is 1. The molecule has 0 amide bonds. The van der Waals surface area contributed by atoms with Gasteiger partial charge in [0.05, 0.1) is 19.8 Å². The summed E-state index contributed by atoms with van der Waals surface area (Å²) in [5.74, 6) is -1.45. The van der Waals surface area contributed by atoms with Crippen LogP contribution in [0.25, 0.3) is 0 Å². The Labute approximate surface area is 455 Å². The molecule has 12 heteroatoms. The van der Waals surface area contributed by atoms with Gasteiger partial charge in [0.2, 0.25) is 0 Å². The second kappa shape index (κ2) is 57.1. The number of carbonyl (C=O) groups is 3. The van der Waals surface area contributed by atoms with Crippen LogP contribution in [-0.2, 0) is 42.2 Å². The van der Waals surface area contributed by atoms with Crippen LogP contribution in [0.4, 0.5) is 0 Å². The van der Waals surface area contributed by atoms with Gasteiger partial charge in [-0.1, -0.05) is 276 Å². The maximum Gasteiger partial charge on any atom is 0.472 e. The van der Waals surface area contributed by atoms with E-state index in [1.165, 1.54) is 173 Å². The third-order valence-electron chi connectivity index (χ3n) is 13.9. The summed E-state index contributed by atoms with van der Waals surface area (Å²) >= 11 is 0. The van der Waals surface area contributed by atoms with Gasteiger partial charge in [-0.2, -0.15) is 0 Å². The molecule has 0 saturated carbocycles. The Balaban J connectivity index is 4.66. The normalized spacial score (nSPS) is 13.4. The number of allylic oxidation sites excluding steroid dienone is 4. The maximum absolute atomic E-state index is 12.9. The van der Waals surface area contributed by atoms with E-state index in [4.69, 9.17) is 23.3 Å². The number of carbonyl (C=O) groups excluding carboxylic acids is 3. The molecular formula is C62H117O11P. The number of aliphatic hydroxyl groups is 1. The Morgan fingerprint density at radius 2 is 0.689 bits per heavy atom. The first-order valence-electron chi connectivity index (χ1n) is 31.2. The fraction of sp³-hybridized carbons (Fsp3) is 0.887. The van der Waals surface area contributed by atoms with E-state index in [0.29, 0.717) is 19.3 Å². The molecule has 0 bridgehead atoms. The minimum Gasteiger partial charge on any atom is -0.462 e. The molecule has 3 unspecified atom stereocenters. The van der Waals surface area contributed by atoms with Crippen LogP contribution in [0.1, 0.15) is 316 Å². The highest BCUT2D eigenvalue weighted by atomic mass is 31.2. The first-order chi connectivity index (χ1) is 36.2. The molecule has 0 heterocycles. The quantitative estimate of drug-likeness (QED) is 0.0197. The van der Waals surface area contributed by atoms with Crippen LogP contribution in [0.3, 0.4) is 0 Å². The average Bonchev–Trinajstić information content (AvgIpc) is 3.39. The number of unbranched alkanes of at least 4 members (excludes halogenated alkanes) is 38. The van der Waals surface area contributed by atoms with Crippen LogP contribution < -0.4 is 0 Å². The number of ether oxygens (including phenoxy) is 3. The standard InChI is InChI=1S/C62H117O11P/c1-4-7-10-13-16-19-22-25-27-28-29-30-32-35-38-41-44-47-50-53-62(66)73-59(55-69-60(64)51-48-45-42-39-36-34-31-26-23-20-17-14-11-8-5-2)57-71-74(67,68)70-56-58(54-63)72-61(65)52-49-46-43-40-37-33-24-21-18-15-12-9-6-3/h12,15,21,24,58-59,63H,4-11,13-14,16-20,22-23,25-57H2,1-3H3,(H,67,68)/b15-12-,24-21-. The van der Waals surface area contributed by atoms with Crippen molar-refractivity contribution in [1.29, 1.82) is 0 Å². The SMILES string of the molecule is CCC/C=C\C/C=C\CCCCCCCC(=O)OC(CO)COP(=O)(O)OCC(COC(=O)CCCCCCCCCCCCCCCCC)OC(=O)CCCCCCCCCCCCCCCCCCCCC. The average molecular weight is 1070 g/mol. The smallest absolute Gasteiger partial charge is 0.462 e. The van der Waals surface area contributed by atoms with Crippen LogP contribution in [0.5, 0.6) is 0 Å². The molecule has 74 heavy (non-hydrogen) atoms. The predicted molar refractivity (Wildman–Crippen MR) is 307 cm³/mol. The molecule has 0 fully saturated rings. The number of hydrogen-bond acceptors (Lipinski definition) is 10. The molecule has 3 atom stereocenters. The summed E-state index contributed by atoms with van der Waals surface area (Å²) in [5.41, 5.74) is 0. The summed E-state index contributed by atoms with van der Waals surface area (Å²) < 4.78 is 39.6. The molecule has 2 N–H and O–H groups in total. The van der Waals surface area contributed by atoms with Crippen LogP contribution in [-0.4, -0.2) is 66.5 Å². The van der Waals surface area contributed by atoms with Gasteiger partial charge in [-0.05, 0) is 44.9 Å². The summed E-state index contributed by atoms with van der Waals surface area (Å²) in [4.78, 5) is 48.6. The molecule has 0 rings (SSSR count). The summed E-state index contributed by atoms with van der Waals surface area (Å²) in [5, 5.41) is 9.82. The van der Waals surface area contributed by atoms with E-state index in [9.17, 15) is 28.9 Å². The molecule has 0 aliphatic heterocycles. The lowest BCUT2D eigenvalue weighted by Crippen LogP contribution is -2.30. The van der Waals surface area contributed by atoms with Crippen molar-refractivity contribution in [2.75, 3.05) is 26.4 Å². The van der Waals surface area contributed by atoms with Crippen molar-refractivity contribution in [1.82, 2.24) is 0 Å². The van der Waals surface area contributed by atoms with Crippen LogP contribution in [0.15, 0.2) is 24.3 Å². The van der Waals surface area contributed by atoms with Crippen molar-refractivity contribution < 1.29 is 52.2 Å². The number of hydrogen-bond donors (Lipinski definition) is 2.